The van der Waals surface area contributed by atoms with Gasteiger partial charge in [-0.15, -0.1) is 0 Å². The first-order valence-corrected chi connectivity index (χ1v) is 4.90. The van der Waals surface area contributed by atoms with Crippen molar-refractivity contribution in [2.24, 2.45) is 0 Å². The molecule has 2 aromatic rings. The number of imidazole rings is 1. The summed E-state index contributed by atoms with van der Waals surface area (Å²) in [5.41, 5.74) is 1.22. The zero-order valence-electron chi connectivity index (χ0n) is 9.09. The number of nitrogens with zero attached hydrogens (tertiary/aromatic N) is 2. The van der Waals surface area contributed by atoms with Gasteiger partial charge < -0.3 is 4.40 Å². The predicted octanol–water partition coefficient (Wildman–Crippen LogP) is 3.28. The van der Waals surface area contributed by atoms with Crippen LogP contribution in [-0.4, -0.2) is 9.38 Å². The molecule has 0 aromatic carbocycles. The van der Waals surface area contributed by atoms with Crippen LogP contribution in [0, 0.1) is 12.7 Å². The molecule has 2 heterocycles. The van der Waals surface area contributed by atoms with Crippen molar-refractivity contribution in [3.63, 3.8) is 0 Å². The average molecular weight is 212 g/mol. The summed E-state index contributed by atoms with van der Waals surface area (Å²) in [7, 11) is 0. The first-order valence-electron chi connectivity index (χ1n) is 4.90. The largest absolute Gasteiger partial charge is 0.304 e. The summed E-state index contributed by atoms with van der Waals surface area (Å²) in [6.45, 7) is 5.11. The standard InChI is InChI=1S/C9H8F2N2.C2H6/c1-6-2-8(11)9-12-7(3-10)5-13(9)4-6;1-2/h2,4-5H,3H2,1H3;1-2H3. The Labute approximate surface area is 87.6 Å². The summed E-state index contributed by atoms with van der Waals surface area (Å²) in [5.74, 6) is -0.417. The molecule has 0 saturated carbocycles. The van der Waals surface area contributed by atoms with E-state index in [0.717, 1.165) is 5.56 Å². The van der Waals surface area contributed by atoms with Gasteiger partial charge in [0.25, 0.3) is 0 Å². The summed E-state index contributed by atoms with van der Waals surface area (Å²) in [4.78, 5) is 3.78. The minimum absolute atomic E-state index is 0.179. The highest BCUT2D eigenvalue weighted by Crippen LogP contribution is 2.12. The van der Waals surface area contributed by atoms with Crippen LogP contribution in [0.2, 0.25) is 0 Å². The second kappa shape index (κ2) is 4.87. The van der Waals surface area contributed by atoms with Crippen molar-refractivity contribution in [1.29, 1.82) is 0 Å². The maximum absolute atomic E-state index is 13.2. The number of hydrogen-bond acceptors (Lipinski definition) is 1. The molecule has 2 rings (SSSR count). The van der Waals surface area contributed by atoms with Crippen molar-refractivity contribution in [2.75, 3.05) is 0 Å². The van der Waals surface area contributed by atoms with E-state index in [1.54, 1.807) is 13.1 Å². The first-order chi connectivity index (χ1) is 7.20. The smallest absolute Gasteiger partial charge is 0.173 e. The number of fused-ring (bicyclic) bond motifs is 1. The predicted molar refractivity (Wildman–Crippen MR) is 56.0 cm³/mol. The fraction of sp³-hybridized carbons (Fsp3) is 0.364. The highest BCUT2D eigenvalue weighted by Gasteiger charge is 2.06. The summed E-state index contributed by atoms with van der Waals surface area (Å²) in [6.07, 6.45) is 3.20. The zero-order chi connectivity index (χ0) is 11.4. The van der Waals surface area contributed by atoms with Crippen LogP contribution in [0.1, 0.15) is 25.1 Å². The maximum Gasteiger partial charge on any atom is 0.173 e. The van der Waals surface area contributed by atoms with E-state index >= 15 is 0 Å². The van der Waals surface area contributed by atoms with Crippen LogP contribution < -0.4 is 0 Å². The maximum atomic E-state index is 13.2. The third-order valence-corrected chi connectivity index (χ3v) is 1.83. The highest BCUT2D eigenvalue weighted by molar-refractivity contribution is 5.43. The van der Waals surface area contributed by atoms with Gasteiger partial charge in [0.05, 0.1) is 5.69 Å². The van der Waals surface area contributed by atoms with Gasteiger partial charge in [0.15, 0.2) is 11.5 Å². The van der Waals surface area contributed by atoms with Gasteiger partial charge in [0.1, 0.15) is 6.67 Å². The van der Waals surface area contributed by atoms with Crippen LogP contribution >= 0.6 is 0 Å². The molecule has 2 aromatic heterocycles. The van der Waals surface area contributed by atoms with Gasteiger partial charge >= 0.3 is 0 Å². The van der Waals surface area contributed by atoms with Crippen LogP contribution in [0.25, 0.3) is 5.65 Å². The van der Waals surface area contributed by atoms with Crippen LogP contribution in [0.4, 0.5) is 8.78 Å². The second-order valence-electron chi connectivity index (χ2n) is 2.96. The number of alkyl halides is 1. The van der Waals surface area contributed by atoms with Crippen molar-refractivity contribution in [3.05, 3.63) is 35.5 Å². The Balaban J connectivity index is 0.000000531. The molecule has 0 amide bonds. The molecule has 0 unspecified atom stereocenters. The lowest BCUT2D eigenvalue weighted by molar-refractivity contribution is 0.477. The molecule has 0 saturated heterocycles. The van der Waals surface area contributed by atoms with Crippen molar-refractivity contribution in [1.82, 2.24) is 9.38 Å². The lowest BCUT2D eigenvalue weighted by Gasteiger charge is -1.96. The molecule has 15 heavy (non-hydrogen) atoms. The van der Waals surface area contributed by atoms with Gasteiger partial charge in [-0.2, -0.15) is 0 Å². The van der Waals surface area contributed by atoms with E-state index in [0.29, 0.717) is 0 Å². The average Bonchev–Trinajstić information content (AvgIpc) is 2.64. The van der Waals surface area contributed by atoms with E-state index in [2.05, 4.69) is 4.98 Å². The van der Waals surface area contributed by atoms with Gasteiger partial charge in [0.2, 0.25) is 0 Å². The summed E-state index contributed by atoms with van der Waals surface area (Å²) in [5, 5.41) is 0. The Kier molecular flexibility index (Phi) is 3.77. The molecule has 0 N–H and O–H groups in total. The number of pyridine rings is 1. The highest BCUT2D eigenvalue weighted by atomic mass is 19.1. The quantitative estimate of drug-likeness (QED) is 0.709. The van der Waals surface area contributed by atoms with E-state index < -0.39 is 12.5 Å². The van der Waals surface area contributed by atoms with Crippen LogP contribution in [0.15, 0.2) is 18.5 Å². The molecular weight excluding hydrogens is 198 g/mol. The summed E-state index contributed by atoms with van der Waals surface area (Å²) in [6, 6.07) is 1.38. The van der Waals surface area contributed by atoms with E-state index in [9.17, 15) is 8.78 Å². The van der Waals surface area contributed by atoms with E-state index in [1.165, 1.54) is 16.7 Å². The number of halogens is 2. The summed E-state index contributed by atoms with van der Waals surface area (Å²) < 4.78 is 26.9. The van der Waals surface area contributed by atoms with Gasteiger partial charge in [-0.3, -0.25) is 0 Å². The first kappa shape index (κ1) is 11.6. The van der Waals surface area contributed by atoms with Gasteiger partial charge in [0, 0.05) is 12.4 Å². The molecular formula is C11H14F2N2. The Hall–Kier alpha value is -1.45. The van der Waals surface area contributed by atoms with E-state index in [-0.39, 0.29) is 11.3 Å². The lowest BCUT2D eigenvalue weighted by atomic mass is 10.3. The molecule has 82 valence electrons. The molecule has 2 nitrogen and oxygen atoms in total. The number of aryl methyl sites for hydroxylation is 1. The SMILES string of the molecule is CC.Cc1cc(F)c2nc(CF)cn2c1. The molecule has 0 atom stereocenters. The minimum Gasteiger partial charge on any atom is -0.304 e. The molecule has 4 heteroatoms. The Morgan fingerprint density at radius 1 is 1.33 bits per heavy atom. The van der Waals surface area contributed by atoms with Crippen molar-refractivity contribution in [2.45, 2.75) is 27.4 Å². The van der Waals surface area contributed by atoms with Crippen LogP contribution in [-0.2, 0) is 6.67 Å². The van der Waals surface area contributed by atoms with Gasteiger partial charge in [-0.1, -0.05) is 13.8 Å². The third kappa shape index (κ3) is 2.32. The van der Waals surface area contributed by atoms with Crippen molar-refractivity contribution >= 4 is 5.65 Å². The third-order valence-electron chi connectivity index (χ3n) is 1.83. The zero-order valence-corrected chi connectivity index (χ0v) is 9.09. The van der Waals surface area contributed by atoms with E-state index in [1.807, 2.05) is 13.8 Å². The monoisotopic (exact) mass is 212 g/mol. The lowest BCUT2D eigenvalue weighted by Crippen LogP contribution is -1.89. The van der Waals surface area contributed by atoms with E-state index in [4.69, 9.17) is 0 Å². The normalized spacial score (nSPS) is 9.93. The van der Waals surface area contributed by atoms with Gasteiger partial charge in [-0.25, -0.2) is 13.8 Å². The molecule has 0 spiro atoms. The number of rotatable bonds is 1. The fourth-order valence-electron chi connectivity index (χ4n) is 1.30. The topological polar surface area (TPSA) is 17.3 Å². The molecule has 0 aliphatic heterocycles. The van der Waals surface area contributed by atoms with Crippen molar-refractivity contribution < 1.29 is 8.78 Å². The summed E-state index contributed by atoms with van der Waals surface area (Å²) >= 11 is 0. The number of hydrogen-bond donors (Lipinski definition) is 0. The minimum atomic E-state index is -0.667. The van der Waals surface area contributed by atoms with Gasteiger partial charge in [-0.05, 0) is 18.6 Å². The van der Waals surface area contributed by atoms with Crippen molar-refractivity contribution in [3.8, 4) is 0 Å². The Morgan fingerprint density at radius 2 is 2.00 bits per heavy atom. The Bertz CT molecular complexity index is 449. The Morgan fingerprint density at radius 3 is 2.60 bits per heavy atom. The number of aromatic nitrogens is 2. The van der Waals surface area contributed by atoms with Crippen LogP contribution in [0.5, 0.6) is 0 Å². The molecule has 0 fully saturated rings. The fourth-order valence-corrected chi connectivity index (χ4v) is 1.30. The molecule has 0 aliphatic rings. The molecule has 0 radical (unpaired) electrons. The second-order valence-corrected chi connectivity index (χ2v) is 2.96. The molecule has 0 bridgehead atoms. The van der Waals surface area contributed by atoms with Crippen LogP contribution in [0.3, 0.4) is 0 Å². The molecule has 0 aliphatic carbocycles.